The van der Waals surface area contributed by atoms with Crippen LogP contribution in [0.15, 0.2) is 0 Å². The predicted molar refractivity (Wildman–Crippen MR) is 80.1 cm³/mol. The maximum Gasteiger partial charge on any atom is 0.460 e. The minimum atomic E-state index is -7.18. The van der Waals surface area contributed by atoms with E-state index in [0.717, 1.165) is 0 Å². The van der Waals surface area contributed by atoms with E-state index in [2.05, 4.69) is 0 Å². The summed E-state index contributed by atoms with van der Waals surface area (Å²) >= 11 is 0. The van der Waals surface area contributed by atoms with Gasteiger partial charge in [-0.1, -0.05) is 0 Å². The second-order valence-corrected chi connectivity index (χ2v) is 7.91. The van der Waals surface area contributed by atoms with Gasteiger partial charge in [0.05, 0.1) is 5.60 Å². The lowest BCUT2D eigenvalue weighted by atomic mass is 9.89. The van der Waals surface area contributed by atoms with Crippen molar-refractivity contribution in [3.05, 3.63) is 0 Å². The quantitative estimate of drug-likeness (QED) is 0.238. The Morgan fingerprint density at radius 3 is 0.829 bits per heavy atom. The first-order valence-corrected chi connectivity index (χ1v) is 9.04. The molecular weight excluding hydrogens is 550 g/mol. The smallest absolute Gasteiger partial charge is 0.390 e. The van der Waals surface area contributed by atoms with Crippen LogP contribution in [0.1, 0.15) is 45.4 Å². The van der Waals surface area contributed by atoms with E-state index >= 15 is 0 Å². The molecule has 0 atom stereocenters. The monoisotopic (exact) mass is 566 g/mol. The van der Waals surface area contributed by atoms with Crippen molar-refractivity contribution in [2.45, 2.75) is 98.9 Å². The average molecular weight is 566 g/mol. The summed E-state index contributed by atoms with van der Waals surface area (Å²) in [5, 5.41) is 9.77. The van der Waals surface area contributed by atoms with E-state index in [0.29, 0.717) is 6.92 Å². The minimum Gasteiger partial charge on any atom is -0.390 e. The molecule has 0 aromatic heterocycles. The van der Waals surface area contributed by atoms with Crippen LogP contribution in [-0.4, -0.2) is 58.6 Å². The van der Waals surface area contributed by atoms with Crippen molar-refractivity contribution in [1.82, 2.24) is 0 Å². The van der Waals surface area contributed by atoms with Crippen molar-refractivity contribution in [2.24, 2.45) is 0 Å². The van der Waals surface area contributed by atoms with Gasteiger partial charge in [-0.05, 0) is 32.6 Å². The maximum atomic E-state index is 13.4. The lowest BCUT2D eigenvalue weighted by Gasteiger charge is -2.35. The van der Waals surface area contributed by atoms with Gasteiger partial charge in [-0.3, -0.25) is 0 Å². The molecule has 0 aliphatic carbocycles. The van der Waals surface area contributed by atoms with E-state index in [1.807, 2.05) is 0 Å². The topological polar surface area (TPSA) is 20.2 Å². The third-order valence-electron chi connectivity index (χ3n) is 4.83. The zero-order chi connectivity index (χ0) is 28.7. The molecule has 19 heteroatoms. The van der Waals surface area contributed by atoms with E-state index in [4.69, 9.17) is 0 Å². The molecule has 0 spiro atoms. The first-order valence-electron chi connectivity index (χ1n) is 9.04. The van der Waals surface area contributed by atoms with Gasteiger partial charge in [0.1, 0.15) is 0 Å². The van der Waals surface area contributed by atoms with Crippen LogP contribution in [0.4, 0.5) is 79.0 Å². The molecule has 0 aromatic carbocycles. The van der Waals surface area contributed by atoms with Crippen molar-refractivity contribution in [3.63, 3.8) is 0 Å². The number of hydrogen-bond donors (Lipinski definition) is 1. The van der Waals surface area contributed by atoms with E-state index in [1.165, 1.54) is 0 Å². The maximum absolute atomic E-state index is 13.4. The summed E-state index contributed by atoms with van der Waals surface area (Å²) in [5.41, 5.74) is -2.56. The first-order chi connectivity index (χ1) is 14.9. The number of aliphatic hydroxyl groups is 1. The zero-order valence-corrected chi connectivity index (χ0v) is 17.0. The van der Waals surface area contributed by atoms with Crippen LogP contribution in [-0.2, 0) is 0 Å². The zero-order valence-electron chi connectivity index (χ0n) is 17.0. The third-order valence-corrected chi connectivity index (χ3v) is 4.83. The summed E-state index contributed by atoms with van der Waals surface area (Å²) in [4.78, 5) is 0. The highest BCUT2D eigenvalue weighted by molar-refractivity contribution is 5.01. The lowest BCUT2D eigenvalue weighted by molar-refractivity contribution is -0.397. The second-order valence-electron chi connectivity index (χ2n) is 7.91. The Kier molecular flexibility index (Phi) is 9.18. The van der Waals surface area contributed by atoms with Crippen molar-refractivity contribution >= 4 is 0 Å². The molecule has 1 N–H and O–H groups in total. The van der Waals surface area contributed by atoms with Gasteiger partial charge in [0.15, 0.2) is 0 Å². The molecule has 0 bridgehead atoms. The molecular formula is C16H16F18O. The van der Waals surface area contributed by atoms with Crippen LogP contribution in [0.5, 0.6) is 0 Å². The fraction of sp³-hybridized carbons (Fsp3) is 1.00. The highest BCUT2D eigenvalue weighted by atomic mass is 19.4. The SMILES string of the molecule is CC(O)(CCCC(F)(F)C(F)(F)C(F)(F)C(F)(F)F)CCCC(F)(F)C(F)(F)C(F)(F)C(F)(F)F. The first kappa shape index (κ1) is 33.7. The lowest BCUT2D eigenvalue weighted by Crippen LogP contribution is -2.60. The van der Waals surface area contributed by atoms with Gasteiger partial charge in [-0.15, -0.1) is 0 Å². The fourth-order valence-corrected chi connectivity index (χ4v) is 2.64. The second kappa shape index (κ2) is 9.54. The molecule has 0 aromatic rings. The molecule has 0 rings (SSSR count). The van der Waals surface area contributed by atoms with Crippen LogP contribution in [0.2, 0.25) is 0 Å². The molecule has 0 unspecified atom stereocenters. The van der Waals surface area contributed by atoms with Gasteiger partial charge >= 0.3 is 47.9 Å². The van der Waals surface area contributed by atoms with E-state index in [1.54, 1.807) is 0 Å². The molecule has 0 fully saturated rings. The standard InChI is InChI=1S/C16H16F18O/c1-8(35,4-2-6-9(17,18)11(21,22)13(25,26)15(29,30)31)5-3-7-10(19,20)12(23,24)14(27,28)16(32,33)34/h35H,2-7H2,1H3. The molecule has 0 saturated heterocycles. The molecule has 0 aliphatic heterocycles. The summed E-state index contributed by atoms with van der Waals surface area (Å²) in [7, 11) is 0. The number of halogens is 18. The Bertz CT molecular complexity index is 644. The largest absolute Gasteiger partial charge is 0.460 e. The minimum absolute atomic E-state index is 0.550. The van der Waals surface area contributed by atoms with Crippen LogP contribution in [0.25, 0.3) is 0 Å². The highest BCUT2D eigenvalue weighted by Gasteiger charge is 2.82. The molecule has 1 nitrogen and oxygen atoms in total. The Hall–Kier alpha value is -1.30. The molecule has 0 amide bonds. The Labute approximate surface area is 184 Å². The average Bonchev–Trinajstić information content (AvgIpc) is 2.58. The Morgan fingerprint density at radius 2 is 0.629 bits per heavy atom. The van der Waals surface area contributed by atoms with Crippen molar-refractivity contribution in [1.29, 1.82) is 0 Å². The number of hydrogen-bond acceptors (Lipinski definition) is 1. The molecule has 212 valence electrons. The summed E-state index contributed by atoms with van der Waals surface area (Å²) in [6.07, 6.45) is -24.3. The van der Waals surface area contributed by atoms with Crippen molar-refractivity contribution in [3.8, 4) is 0 Å². The summed E-state index contributed by atoms with van der Waals surface area (Å²) in [5.74, 6) is -40.3. The Morgan fingerprint density at radius 1 is 0.400 bits per heavy atom. The number of rotatable bonds is 12. The summed E-state index contributed by atoms with van der Waals surface area (Å²) < 4.78 is 229. The summed E-state index contributed by atoms with van der Waals surface area (Å²) in [6.45, 7) is 0.550. The predicted octanol–water partition coefficient (Wildman–Crippen LogP) is 8.01. The molecule has 0 saturated carbocycles. The van der Waals surface area contributed by atoms with Crippen molar-refractivity contribution in [2.75, 3.05) is 0 Å². The van der Waals surface area contributed by atoms with Gasteiger partial charge in [0, 0.05) is 12.8 Å². The van der Waals surface area contributed by atoms with Crippen molar-refractivity contribution < 1.29 is 84.1 Å². The fourth-order valence-electron chi connectivity index (χ4n) is 2.64. The normalized spacial score (nSPS) is 16.1. The van der Waals surface area contributed by atoms with Gasteiger partial charge in [-0.25, -0.2) is 0 Å². The van der Waals surface area contributed by atoms with Gasteiger partial charge in [-0.2, -0.15) is 79.0 Å². The summed E-state index contributed by atoms with van der Waals surface area (Å²) in [6, 6.07) is 0. The van der Waals surface area contributed by atoms with E-state index < -0.39 is 92.0 Å². The number of alkyl halides is 18. The van der Waals surface area contributed by atoms with Gasteiger partial charge in [0.2, 0.25) is 0 Å². The van der Waals surface area contributed by atoms with Crippen LogP contribution < -0.4 is 0 Å². The van der Waals surface area contributed by atoms with Crippen LogP contribution in [0, 0.1) is 0 Å². The molecule has 0 radical (unpaired) electrons. The molecule has 0 aliphatic rings. The van der Waals surface area contributed by atoms with Gasteiger partial charge in [0.25, 0.3) is 0 Å². The molecule has 35 heavy (non-hydrogen) atoms. The third kappa shape index (κ3) is 6.53. The van der Waals surface area contributed by atoms with Crippen LogP contribution in [0.3, 0.4) is 0 Å². The van der Waals surface area contributed by atoms with Crippen LogP contribution >= 0.6 is 0 Å². The molecule has 0 heterocycles. The van der Waals surface area contributed by atoms with Gasteiger partial charge < -0.3 is 5.11 Å². The highest BCUT2D eigenvalue weighted by Crippen LogP contribution is 2.56. The van der Waals surface area contributed by atoms with E-state index in [-0.39, 0.29) is 0 Å². The van der Waals surface area contributed by atoms with E-state index in [9.17, 15) is 84.1 Å². The Balaban J connectivity index is 5.17.